The first-order chi connectivity index (χ1) is 18.2. The minimum absolute atomic E-state index is 0.0132. The van der Waals surface area contributed by atoms with Crippen LogP contribution in [0.15, 0.2) is 109 Å². The van der Waals surface area contributed by atoms with Gasteiger partial charge in [0.05, 0.1) is 5.69 Å². The summed E-state index contributed by atoms with van der Waals surface area (Å²) in [6.45, 7) is 0. The second-order valence-electron chi connectivity index (χ2n) is 9.75. The number of fused-ring (bicyclic) bond motifs is 1. The number of hydrogen-bond acceptors (Lipinski definition) is 4. The van der Waals surface area contributed by atoms with Gasteiger partial charge in [-0.3, -0.25) is 9.78 Å². The molecule has 1 aliphatic rings. The summed E-state index contributed by atoms with van der Waals surface area (Å²) < 4.78 is 0. The van der Waals surface area contributed by atoms with Gasteiger partial charge >= 0.3 is 0 Å². The third-order valence-electron chi connectivity index (χ3n) is 7.21. The van der Waals surface area contributed by atoms with Gasteiger partial charge in [-0.1, -0.05) is 78.9 Å². The van der Waals surface area contributed by atoms with Gasteiger partial charge < -0.3 is 5.32 Å². The van der Waals surface area contributed by atoms with Crippen LogP contribution < -0.4 is 5.32 Å². The Morgan fingerprint density at radius 1 is 0.811 bits per heavy atom. The lowest BCUT2D eigenvalue weighted by Gasteiger charge is -2.29. The molecular weight excluding hydrogens is 474 g/mol. The zero-order valence-electron chi connectivity index (χ0n) is 20.4. The van der Waals surface area contributed by atoms with Gasteiger partial charge in [0.25, 0.3) is 0 Å². The van der Waals surface area contributed by atoms with Crippen LogP contribution in [-0.4, -0.2) is 15.9 Å². The summed E-state index contributed by atoms with van der Waals surface area (Å²) in [6, 6.07) is 31.6. The highest BCUT2D eigenvalue weighted by molar-refractivity contribution is 7.13. The highest BCUT2D eigenvalue weighted by atomic mass is 32.1. The van der Waals surface area contributed by atoms with E-state index in [9.17, 15) is 4.79 Å². The summed E-state index contributed by atoms with van der Waals surface area (Å²) in [7, 11) is 0. The molecule has 0 unspecified atom stereocenters. The predicted molar refractivity (Wildman–Crippen MR) is 150 cm³/mol. The molecule has 182 valence electrons. The summed E-state index contributed by atoms with van der Waals surface area (Å²) in [5.41, 5.74) is 8.13. The first-order valence-corrected chi connectivity index (χ1v) is 13.4. The number of amides is 1. The van der Waals surface area contributed by atoms with Gasteiger partial charge in [0, 0.05) is 36.0 Å². The molecule has 0 spiro atoms. The Labute approximate surface area is 221 Å². The maximum atomic E-state index is 13.3. The Balaban J connectivity index is 1.13. The van der Waals surface area contributed by atoms with Crippen molar-refractivity contribution in [2.45, 2.75) is 31.1 Å². The first kappa shape index (κ1) is 23.3. The first-order valence-electron chi connectivity index (χ1n) is 12.5. The fourth-order valence-corrected chi connectivity index (χ4v) is 6.13. The summed E-state index contributed by atoms with van der Waals surface area (Å²) >= 11 is 1.49. The second-order valence-corrected chi connectivity index (χ2v) is 10.6. The fourth-order valence-electron chi connectivity index (χ4n) is 5.40. The molecule has 3 aromatic carbocycles. The molecule has 0 saturated carbocycles. The molecule has 37 heavy (non-hydrogen) atoms. The molecule has 0 atom stereocenters. The molecule has 0 radical (unpaired) electrons. The summed E-state index contributed by atoms with van der Waals surface area (Å²) in [6.07, 6.45) is 6.52. The molecule has 4 nitrogen and oxygen atoms in total. The molecule has 0 bridgehead atoms. The summed E-state index contributed by atoms with van der Waals surface area (Å²) in [4.78, 5) is 22.1. The second kappa shape index (κ2) is 10.1. The van der Waals surface area contributed by atoms with Crippen LogP contribution in [0.1, 0.15) is 34.4 Å². The van der Waals surface area contributed by atoms with Gasteiger partial charge in [-0.05, 0) is 58.4 Å². The molecule has 0 saturated heterocycles. The number of carbonyl (C=O) groups is 1. The third kappa shape index (κ3) is 5.09. The molecule has 0 aliphatic heterocycles. The number of aromatic nitrogens is 2. The fraction of sp³-hybridized carbons (Fsp3) is 0.156. The van der Waals surface area contributed by atoms with Crippen LogP contribution in [0.25, 0.3) is 11.1 Å². The number of carbonyl (C=O) groups excluding carboxylic acids is 1. The Hall–Kier alpha value is -4.09. The lowest BCUT2D eigenvalue weighted by atomic mass is 9.75. The van der Waals surface area contributed by atoms with Crippen molar-refractivity contribution in [3.8, 4) is 11.1 Å². The van der Waals surface area contributed by atoms with Crippen molar-refractivity contribution in [2.24, 2.45) is 0 Å². The molecule has 1 N–H and O–H groups in total. The van der Waals surface area contributed by atoms with E-state index in [0.29, 0.717) is 11.6 Å². The predicted octanol–water partition coefficient (Wildman–Crippen LogP) is 6.86. The van der Waals surface area contributed by atoms with E-state index < -0.39 is 0 Å². The lowest BCUT2D eigenvalue weighted by molar-refractivity contribution is -0.117. The zero-order valence-corrected chi connectivity index (χ0v) is 21.2. The highest BCUT2D eigenvalue weighted by Crippen LogP contribution is 2.42. The molecule has 5 heteroatoms. The Morgan fingerprint density at radius 2 is 1.46 bits per heavy atom. The van der Waals surface area contributed by atoms with Crippen molar-refractivity contribution in [3.63, 3.8) is 0 Å². The Bertz CT molecular complexity index is 1490. The normalized spacial score (nSPS) is 13.7. The van der Waals surface area contributed by atoms with Crippen molar-refractivity contribution in [1.29, 1.82) is 0 Å². The average molecular weight is 502 g/mol. The van der Waals surface area contributed by atoms with Gasteiger partial charge in [-0.25, -0.2) is 4.98 Å². The summed E-state index contributed by atoms with van der Waals surface area (Å²) in [5.74, 6) is 0.0132. The van der Waals surface area contributed by atoms with E-state index in [0.717, 1.165) is 30.5 Å². The Kier molecular flexibility index (Phi) is 6.37. The quantitative estimate of drug-likeness (QED) is 0.265. The molecule has 5 aromatic rings. The number of benzene rings is 3. The monoisotopic (exact) mass is 501 g/mol. The molecule has 6 rings (SSSR count). The van der Waals surface area contributed by atoms with Crippen LogP contribution in [0.4, 0.5) is 5.13 Å². The minimum Gasteiger partial charge on any atom is -0.302 e. The van der Waals surface area contributed by atoms with Gasteiger partial charge in [-0.15, -0.1) is 11.3 Å². The SMILES string of the molecule is O=C(CC1(c2ccccc2)Cc2ccccc2C1)Nc1nc(Cc2ccc(-c3ccncc3)cc2)cs1. The maximum Gasteiger partial charge on any atom is 0.227 e. The standard InChI is InChI=1S/C32H27N3OS/c36-30(21-32(28-8-2-1-3-9-28)19-26-6-4-5-7-27(26)20-32)35-31-34-29(22-37-31)18-23-10-12-24(13-11-23)25-14-16-33-17-15-25/h1-17,22H,18-21H2,(H,34,35,36). The van der Waals surface area contributed by atoms with Gasteiger partial charge in [0.15, 0.2) is 5.13 Å². The van der Waals surface area contributed by atoms with Crippen LogP contribution in [0.3, 0.4) is 0 Å². The van der Waals surface area contributed by atoms with E-state index in [4.69, 9.17) is 4.98 Å². The van der Waals surface area contributed by atoms with E-state index in [2.05, 4.69) is 83.1 Å². The van der Waals surface area contributed by atoms with Crippen molar-refractivity contribution < 1.29 is 4.79 Å². The average Bonchev–Trinajstić information content (AvgIpc) is 3.54. The van der Waals surface area contributed by atoms with Crippen LogP contribution in [0.5, 0.6) is 0 Å². The molecule has 2 heterocycles. The van der Waals surface area contributed by atoms with Crippen LogP contribution in [0, 0.1) is 0 Å². The van der Waals surface area contributed by atoms with Crippen LogP contribution in [0.2, 0.25) is 0 Å². The van der Waals surface area contributed by atoms with Crippen LogP contribution >= 0.6 is 11.3 Å². The van der Waals surface area contributed by atoms with Crippen molar-refractivity contribution in [3.05, 3.63) is 137 Å². The van der Waals surface area contributed by atoms with E-state index >= 15 is 0 Å². The van der Waals surface area contributed by atoms with E-state index in [1.165, 1.54) is 39.2 Å². The minimum atomic E-state index is -0.230. The number of pyridine rings is 1. The lowest BCUT2D eigenvalue weighted by Crippen LogP contribution is -2.32. The number of thiazole rings is 1. The van der Waals surface area contributed by atoms with Gasteiger partial charge in [-0.2, -0.15) is 0 Å². The number of rotatable bonds is 7. The Morgan fingerprint density at radius 3 is 2.16 bits per heavy atom. The topological polar surface area (TPSA) is 54.9 Å². The van der Waals surface area contributed by atoms with E-state index in [-0.39, 0.29) is 11.3 Å². The molecule has 1 aliphatic carbocycles. The number of nitrogens with zero attached hydrogens (tertiary/aromatic N) is 2. The number of hydrogen-bond donors (Lipinski definition) is 1. The van der Waals surface area contributed by atoms with Crippen molar-refractivity contribution >= 4 is 22.4 Å². The smallest absolute Gasteiger partial charge is 0.227 e. The largest absolute Gasteiger partial charge is 0.302 e. The number of anilines is 1. The molecule has 1 amide bonds. The molecule has 2 aromatic heterocycles. The summed E-state index contributed by atoms with van der Waals surface area (Å²) in [5, 5.41) is 5.78. The van der Waals surface area contributed by atoms with Crippen LogP contribution in [-0.2, 0) is 29.5 Å². The van der Waals surface area contributed by atoms with E-state index in [1.807, 2.05) is 36.0 Å². The highest BCUT2D eigenvalue weighted by Gasteiger charge is 2.40. The zero-order chi connectivity index (χ0) is 25.1. The van der Waals surface area contributed by atoms with Crippen molar-refractivity contribution in [2.75, 3.05) is 5.32 Å². The van der Waals surface area contributed by atoms with Crippen molar-refractivity contribution in [1.82, 2.24) is 9.97 Å². The van der Waals surface area contributed by atoms with Gasteiger partial charge in [0.2, 0.25) is 5.91 Å². The van der Waals surface area contributed by atoms with E-state index in [1.54, 1.807) is 0 Å². The molecular formula is C32H27N3OS. The molecule has 0 fully saturated rings. The third-order valence-corrected chi connectivity index (χ3v) is 8.02. The number of nitrogens with one attached hydrogen (secondary N) is 1. The maximum absolute atomic E-state index is 13.3. The van der Waals surface area contributed by atoms with Gasteiger partial charge in [0.1, 0.15) is 0 Å².